The highest BCUT2D eigenvalue weighted by Gasteiger charge is 2.36. The molecule has 1 N–H and O–H groups in total. The van der Waals surface area contributed by atoms with Gasteiger partial charge in [-0.25, -0.2) is 0 Å². The quantitative estimate of drug-likeness (QED) is 0.861. The van der Waals surface area contributed by atoms with E-state index in [0.29, 0.717) is 12.1 Å². The van der Waals surface area contributed by atoms with Gasteiger partial charge in [-0.3, -0.25) is 4.79 Å². The normalized spacial score (nSPS) is 26.0. The summed E-state index contributed by atoms with van der Waals surface area (Å²) < 4.78 is 5.78. The van der Waals surface area contributed by atoms with E-state index < -0.39 is 0 Å². The van der Waals surface area contributed by atoms with Gasteiger partial charge in [0.25, 0.3) is 0 Å². The zero-order valence-corrected chi connectivity index (χ0v) is 13.1. The molecular weight excluding hydrogens is 286 g/mol. The first-order chi connectivity index (χ1) is 11.3. The van der Waals surface area contributed by atoms with Crippen LogP contribution in [0.25, 0.3) is 0 Å². The van der Waals surface area contributed by atoms with Gasteiger partial charge in [0.1, 0.15) is 11.5 Å². The molecule has 118 valence electrons. The number of fused-ring (bicyclic) bond motifs is 2. The molecule has 2 aliphatic heterocycles. The number of carbonyl (C=O) groups is 1. The van der Waals surface area contributed by atoms with Crippen molar-refractivity contribution in [3.63, 3.8) is 0 Å². The molecule has 3 nitrogen and oxygen atoms in total. The van der Waals surface area contributed by atoms with Gasteiger partial charge in [-0.2, -0.15) is 0 Å². The van der Waals surface area contributed by atoms with E-state index in [-0.39, 0.29) is 11.7 Å². The van der Waals surface area contributed by atoms with Crippen LogP contribution < -0.4 is 10.1 Å². The summed E-state index contributed by atoms with van der Waals surface area (Å²) in [6.07, 6.45) is 4.41. The molecule has 4 rings (SSSR count). The smallest absolute Gasteiger partial charge is 0.166 e. The first-order valence-electron chi connectivity index (χ1n) is 8.41. The number of nitrogens with one attached hydrogen (secondary N) is 1. The van der Waals surface area contributed by atoms with Crippen LogP contribution in [0.5, 0.6) is 11.5 Å². The summed E-state index contributed by atoms with van der Waals surface area (Å²) in [5.74, 6) is 2.03. The first-order valence-corrected chi connectivity index (χ1v) is 8.41. The molecule has 2 unspecified atom stereocenters. The molecule has 0 aromatic heterocycles. The maximum Gasteiger partial charge on any atom is 0.166 e. The number of ether oxygens (including phenoxy) is 1. The number of Topliss-reactive ketones (excluding diaryl/α,β-unsaturated/α-hetero) is 1. The SMILES string of the molecule is O=C(c1ccc(Oc2ccccc2)cc1)C1CC2CCC(C1)N2. The topological polar surface area (TPSA) is 38.3 Å². The van der Waals surface area contributed by atoms with Crippen LogP contribution in [0.2, 0.25) is 0 Å². The van der Waals surface area contributed by atoms with Crippen molar-refractivity contribution in [1.29, 1.82) is 0 Å². The van der Waals surface area contributed by atoms with Crippen molar-refractivity contribution < 1.29 is 9.53 Å². The van der Waals surface area contributed by atoms with Crippen LogP contribution in [-0.2, 0) is 0 Å². The van der Waals surface area contributed by atoms with Crippen LogP contribution in [0, 0.1) is 5.92 Å². The lowest BCUT2D eigenvalue weighted by atomic mass is 9.86. The predicted molar refractivity (Wildman–Crippen MR) is 90.0 cm³/mol. The van der Waals surface area contributed by atoms with Crippen LogP contribution in [0.15, 0.2) is 54.6 Å². The minimum absolute atomic E-state index is 0.176. The second kappa shape index (κ2) is 6.17. The van der Waals surface area contributed by atoms with Crippen LogP contribution >= 0.6 is 0 Å². The Labute approximate surface area is 136 Å². The molecule has 2 aromatic carbocycles. The van der Waals surface area contributed by atoms with Gasteiger partial charge in [-0.05, 0) is 62.1 Å². The first kappa shape index (κ1) is 14.5. The average molecular weight is 307 g/mol. The van der Waals surface area contributed by atoms with Crippen molar-refractivity contribution >= 4 is 5.78 Å². The van der Waals surface area contributed by atoms with E-state index in [1.54, 1.807) is 0 Å². The molecule has 0 aliphatic carbocycles. The second-order valence-corrected chi connectivity index (χ2v) is 6.61. The van der Waals surface area contributed by atoms with Gasteiger partial charge < -0.3 is 10.1 Å². The zero-order chi connectivity index (χ0) is 15.6. The lowest BCUT2D eigenvalue weighted by Gasteiger charge is -2.28. The molecule has 2 fully saturated rings. The summed E-state index contributed by atoms with van der Waals surface area (Å²) in [5, 5.41) is 3.59. The Hall–Kier alpha value is -2.13. The number of piperidine rings is 1. The molecule has 0 amide bonds. The molecule has 2 heterocycles. The van der Waals surface area contributed by atoms with E-state index in [2.05, 4.69) is 5.32 Å². The third kappa shape index (κ3) is 3.15. The number of rotatable bonds is 4. The fourth-order valence-corrected chi connectivity index (χ4v) is 3.82. The van der Waals surface area contributed by atoms with Gasteiger partial charge in [0.2, 0.25) is 0 Å². The Morgan fingerprint density at radius 2 is 1.48 bits per heavy atom. The Morgan fingerprint density at radius 3 is 2.13 bits per heavy atom. The summed E-state index contributed by atoms with van der Waals surface area (Å²) in [6, 6.07) is 18.3. The Kier molecular flexibility index (Phi) is 3.88. The highest BCUT2D eigenvalue weighted by atomic mass is 16.5. The highest BCUT2D eigenvalue weighted by molar-refractivity contribution is 5.98. The maximum atomic E-state index is 12.7. The van der Waals surface area contributed by atoms with E-state index in [0.717, 1.165) is 29.9 Å². The summed E-state index contributed by atoms with van der Waals surface area (Å²) in [6.45, 7) is 0. The predicted octanol–water partition coefficient (Wildman–Crippen LogP) is 4.19. The highest BCUT2D eigenvalue weighted by Crippen LogP contribution is 2.33. The number of carbonyl (C=O) groups excluding carboxylic acids is 1. The van der Waals surface area contributed by atoms with E-state index in [1.165, 1.54) is 12.8 Å². The fourth-order valence-electron chi connectivity index (χ4n) is 3.82. The third-order valence-electron chi connectivity index (χ3n) is 4.96. The zero-order valence-electron chi connectivity index (χ0n) is 13.1. The molecular formula is C20H21NO2. The van der Waals surface area contributed by atoms with Gasteiger partial charge in [0, 0.05) is 23.6 Å². The lowest BCUT2D eigenvalue weighted by molar-refractivity contribution is 0.0875. The van der Waals surface area contributed by atoms with Crippen LogP contribution in [0.3, 0.4) is 0 Å². The van der Waals surface area contributed by atoms with Crippen molar-refractivity contribution in [2.24, 2.45) is 5.92 Å². The van der Waals surface area contributed by atoms with Crippen molar-refractivity contribution in [1.82, 2.24) is 5.32 Å². The van der Waals surface area contributed by atoms with Gasteiger partial charge >= 0.3 is 0 Å². The average Bonchev–Trinajstić information content (AvgIpc) is 2.94. The molecule has 0 spiro atoms. The number of benzene rings is 2. The third-order valence-corrected chi connectivity index (χ3v) is 4.96. The maximum absolute atomic E-state index is 12.7. The molecule has 3 heteroatoms. The number of para-hydroxylation sites is 1. The lowest BCUT2D eigenvalue weighted by Crippen LogP contribution is -2.40. The minimum atomic E-state index is 0.176. The van der Waals surface area contributed by atoms with E-state index in [4.69, 9.17) is 4.74 Å². The molecule has 2 bridgehead atoms. The van der Waals surface area contributed by atoms with Crippen LogP contribution in [0.1, 0.15) is 36.0 Å². The second-order valence-electron chi connectivity index (χ2n) is 6.61. The summed E-state index contributed by atoms with van der Waals surface area (Å²) in [7, 11) is 0. The largest absolute Gasteiger partial charge is 0.457 e. The fraction of sp³-hybridized carbons (Fsp3) is 0.350. The molecule has 2 aromatic rings. The molecule has 0 saturated carbocycles. The number of ketones is 1. The standard InChI is InChI=1S/C20H21NO2/c22-20(15-12-16-8-9-17(13-15)21-16)14-6-10-19(11-7-14)23-18-4-2-1-3-5-18/h1-7,10-11,15-17,21H,8-9,12-13H2. The van der Waals surface area contributed by atoms with Gasteiger partial charge in [0.15, 0.2) is 5.78 Å². The molecule has 2 atom stereocenters. The van der Waals surface area contributed by atoms with E-state index in [9.17, 15) is 4.79 Å². The van der Waals surface area contributed by atoms with Gasteiger partial charge in [0.05, 0.1) is 0 Å². The Bertz CT molecular complexity index is 669. The number of hydrogen-bond acceptors (Lipinski definition) is 3. The van der Waals surface area contributed by atoms with E-state index in [1.807, 2.05) is 54.6 Å². The van der Waals surface area contributed by atoms with Crippen molar-refractivity contribution in [2.45, 2.75) is 37.8 Å². The van der Waals surface area contributed by atoms with E-state index >= 15 is 0 Å². The summed E-state index contributed by atoms with van der Waals surface area (Å²) >= 11 is 0. The van der Waals surface area contributed by atoms with Crippen molar-refractivity contribution in [3.8, 4) is 11.5 Å². The summed E-state index contributed by atoms with van der Waals surface area (Å²) in [5.41, 5.74) is 0.803. The van der Waals surface area contributed by atoms with Crippen LogP contribution in [0.4, 0.5) is 0 Å². The number of hydrogen-bond donors (Lipinski definition) is 1. The molecule has 2 saturated heterocycles. The summed E-state index contributed by atoms with van der Waals surface area (Å²) in [4.78, 5) is 12.7. The Balaban J connectivity index is 1.44. The van der Waals surface area contributed by atoms with Gasteiger partial charge in [-0.15, -0.1) is 0 Å². The van der Waals surface area contributed by atoms with Crippen molar-refractivity contribution in [2.75, 3.05) is 0 Å². The minimum Gasteiger partial charge on any atom is -0.457 e. The molecule has 23 heavy (non-hydrogen) atoms. The van der Waals surface area contributed by atoms with Crippen molar-refractivity contribution in [3.05, 3.63) is 60.2 Å². The Morgan fingerprint density at radius 1 is 0.870 bits per heavy atom. The molecule has 2 aliphatic rings. The monoisotopic (exact) mass is 307 g/mol. The van der Waals surface area contributed by atoms with Crippen LogP contribution in [-0.4, -0.2) is 17.9 Å². The molecule has 0 radical (unpaired) electrons. The van der Waals surface area contributed by atoms with Gasteiger partial charge in [-0.1, -0.05) is 18.2 Å².